The number of anilines is 1. The van der Waals surface area contributed by atoms with Crippen LogP contribution in [0.1, 0.15) is 25.0 Å². The van der Waals surface area contributed by atoms with Crippen LogP contribution in [0.3, 0.4) is 0 Å². The molecule has 12 heteroatoms. The van der Waals surface area contributed by atoms with Gasteiger partial charge in [-0.1, -0.05) is 101 Å². The first-order valence-corrected chi connectivity index (χ1v) is 16.9. The molecule has 0 spiro atoms. The molecule has 4 aromatic carbocycles. The SMILES string of the molecule is CC(C)NC(=O)[C@H](Cc1ccccc1)N(Cc1ccc(Cl)cc1Cl)C(=O)CN(c1ccc(Cl)c(Cl)c1)S(=O)(=O)c1ccccc1. The summed E-state index contributed by atoms with van der Waals surface area (Å²) in [7, 11) is -4.28. The molecule has 0 radical (unpaired) electrons. The Bertz CT molecular complexity index is 1760. The van der Waals surface area contributed by atoms with Crippen molar-refractivity contribution in [1.82, 2.24) is 10.2 Å². The number of nitrogens with zero attached hydrogens (tertiary/aromatic N) is 2. The largest absolute Gasteiger partial charge is 0.352 e. The molecule has 0 saturated heterocycles. The standard InChI is InChI=1S/C33H31Cl4N3O4S/c1-22(2)38-33(42)31(17-23-9-5-3-6-10-23)39(20-24-13-14-25(34)18-29(24)36)32(41)21-40(26-15-16-28(35)30(37)19-26)45(43,44)27-11-7-4-8-12-27/h3-16,18-19,22,31H,17,20-21H2,1-2H3,(H,38,42)/t31-/m0/s1. The molecular formula is C33H31Cl4N3O4S. The zero-order chi connectivity index (χ0) is 32.7. The second-order valence-corrected chi connectivity index (χ2v) is 14.1. The summed E-state index contributed by atoms with van der Waals surface area (Å²) in [6, 6.07) is 24.9. The molecule has 0 saturated carbocycles. The maximum absolute atomic E-state index is 14.5. The van der Waals surface area contributed by atoms with Crippen LogP contribution < -0.4 is 9.62 Å². The van der Waals surface area contributed by atoms with E-state index in [1.165, 1.54) is 35.2 Å². The summed E-state index contributed by atoms with van der Waals surface area (Å²) in [5, 5.41) is 3.94. The van der Waals surface area contributed by atoms with E-state index in [1.54, 1.807) is 36.4 Å². The summed E-state index contributed by atoms with van der Waals surface area (Å²) in [4.78, 5) is 29.6. The molecule has 0 bridgehead atoms. The highest BCUT2D eigenvalue weighted by Crippen LogP contribution is 2.31. The first-order valence-electron chi connectivity index (χ1n) is 14.0. The topological polar surface area (TPSA) is 86.8 Å². The van der Waals surface area contributed by atoms with Crippen LogP contribution in [-0.2, 0) is 32.6 Å². The number of carbonyl (C=O) groups excluding carboxylic acids is 2. The Hall–Kier alpha value is -3.27. The van der Waals surface area contributed by atoms with Crippen molar-refractivity contribution in [1.29, 1.82) is 0 Å². The van der Waals surface area contributed by atoms with Crippen molar-refractivity contribution in [3.05, 3.63) is 128 Å². The molecule has 2 amide bonds. The van der Waals surface area contributed by atoms with E-state index < -0.39 is 34.4 Å². The molecule has 4 rings (SSSR count). The predicted molar refractivity (Wildman–Crippen MR) is 182 cm³/mol. The molecule has 1 N–H and O–H groups in total. The number of carbonyl (C=O) groups is 2. The lowest BCUT2D eigenvalue weighted by Crippen LogP contribution is -2.54. The van der Waals surface area contributed by atoms with Crippen LogP contribution in [0.2, 0.25) is 20.1 Å². The zero-order valence-electron chi connectivity index (χ0n) is 24.5. The lowest BCUT2D eigenvalue weighted by Gasteiger charge is -2.34. The number of benzene rings is 4. The number of sulfonamides is 1. The molecule has 236 valence electrons. The van der Waals surface area contributed by atoms with Gasteiger partial charge in [0.05, 0.1) is 20.6 Å². The van der Waals surface area contributed by atoms with Crippen LogP contribution in [0.5, 0.6) is 0 Å². The Labute approximate surface area is 283 Å². The summed E-state index contributed by atoms with van der Waals surface area (Å²) < 4.78 is 29.0. The number of hydrogen-bond acceptors (Lipinski definition) is 4. The van der Waals surface area contributed by atoms with Gasteiger partial charge in [0, 0.05) is 29.1 Å². The number of hydrogen-bond donors (Lipinski definition) is 1. The molecule has 4 aromatic rings. The van der Waals surface area contributed by atoms with E-state index in [2.05, 4.69) is 5.32 Å². The van der Waals surface area contributed by atoms with E-state index in [-0.39, 0.29) is 39.6 Å². The Balaban J connectivity index is 1.84. The minimum Gasteiger partial charge on any atom is -0.352 e. The first-order chi connectivity index (χ1) is 21.4. The fourth-order valence-electron chi connectivity index (χ4n) is 4.66. The summed E-state index contributed by atoms with van der Waals surface area (Å²) in [6.45, 7) is 2.88. The van der Waals surface area contributed by atoms with Gasteiger partial charge in [-0.05, 0) is 67.4 Å². The monoisotopic (exact) mass is 705 g/mol. The van der Waals surface area contributed by atoms with Crippen molar-refractivity contribution in [3.8, 4) is 0 Å². The average molecular weight is 708 g/mol. The Morgan fingerprint density at radius 2 is 1.42 bits per heavy atom. The molecule has 0 aliphatic carbocycles. The lowest BCUT2D eigenvalue weighted by atomic mass is 10.0. The highest BCUT2D eigenvalue weighted by Gasteiger charge is 2.35. The van der Waals surface area contributed by atoms with Crippen molar-refractivity contribution in [2.45, 2.75) is 43.8 Å². The van der Waals surface area contributed by atoms with Crippen molar-refractivity contribution < 1.29 is 18.0 Å². The van der Waals surface area contributed by atoms with Crippen LogP contribution in [0.25, 0.3) is 0 Å². The molecule has 0 unspecified atom stereocenters. The molecule has 7 nitrogen and oxygen atoms in total. The molecular weight excluding hydrogens is 676 g/mol. The van der Waals surface area contributed by atoms with Gasteiger partial charge < -0.3 is 10.2 Å². The quantitative estimate of drug-likeness (QED) is 0.164. The molecule has 0 fully saturated rings. The van der Waals surface area contributed by atoms with Gasteiger partial charge in [-0.2, -0.15) is 0 Å². The maximum Gasteiger partial charge on any atom is 0.264 e. The van der Waals surface area contributed by atoms with E-state index in [9.17, 15) is 18.0 Å². The van der Waals surface area contributed by atoms with Crippen molar-refractivity contribution in [2.75, 3.05) is 10.8 Å². The minimum absolute atomic E-state index is 0.0328. The summed E-state index contributed by atoms with van der Waals surface area (Å²) >= 11 is 25.1. The normalized spacial score (nSPS) is 12.1. The van der Waals surface area contributed by atoms with Crippen LogP contribution in [-0.4, -0.2) is 43.8 Å². The van der Waals surface area contributed by atoms with Gasteiger partial charge >= 0.3 is 0 Å². The fourth-order valence-corrected chi connectivity index (χ4v) is 6.84. The molecule has 0 aromatic heterocycles. The van der Waals surface area contributed by atoms with Gasteiger partial charge in [0.1, 0.15) is 12.6 Å². The first kappa shape index (κ1) is 34.6. The van der Waals surface area contributed by atoms with Gasteiger partial charge in [-0.25, -0.2) is 8.42 Å². The summed E-state index contributed by atoms with van der Waals surface area (Å²) in [6.07, 6.45) is 0.161. The summed E-state index contributed by atoms with van der Waals surface area (Å²) in [5.74, 6) is -1.05. The zero-order valence-corrected chi connectivity index (χ0v) is 28.3. The second-order valence-electron chi connectivity index (χ2n) is 10.5. The molecule has 0 heterocycles. The van der Waals surface area contributed by atoms with Crippen LogP contribution in [0, 0.1) is 0 Å². The van der Waals surface area contributed by atoms with Crippen molar-refractivity contribution in [2.24, 2.45) is 0 Å². The third kappa shape index (κ3) is 8.93. The van der Waals surface area contributed by atoms with Crippen molar-refractivity contribution >= 4 is 73.9 Å². The van der Waals surface area contributed by atoms with E-state index in [0.29, 0.717) is 15.6 Å². The van der Waals surface area contributed by atoms with E-state index in [0.717, 1.165) is 9.87 Å². The van der Waals surface area contributed by atoms with Crippen LogP contribution in [0.4, 0.5) is 5.69 Å². The van der Waals surface area contributed by atoms with E-state index in [1.807, 2.05) is 44.2 Å². The number of amides is 2. The van der Waals surface area contributed by atoms with Gasteiger partial charge in [0.2, 0.25) is 11.8 Å². The van der Waals surface area contributed by atoms with Crippen molar-refractivity contribution in [3.63, 3.8) is 0 Å². The van der Waals surface area contributed by atoms with E-state index in [4.69, 9.17) is 46.4 Å². The molecule has 1 atom stereocenters. The Morgan fingerprint density at radius 1 is 0.778 bits per heavy atom. The lowest BCUT2D eigenvalue weighted by molar-refractivity contribution is -0.140. The third-order valence-electron chi connectivity index (χ3n) is 6.86. The second kappa shape index (κ2) is 15.3. The smallest absolute Gasteiger partial charge is 0.264 e. The number of nitrogens with one attached hydrogen (secondary N) is 1. The minimum atomic E-state index is -4.28. The number of halogens is 4. The fraction of sp³-hybridized carbons (Fsp3) is 0.212. The van der Waals surface area contributed by atoms with Crippen LogP contribution in [0.15, 0.2) is 102 Å². The maximum atomic E-state index is 14.5. The van der Waals surface area contributed by atoms with Crippen LogP contribution >= 0.6 is 46.4 Å². The van der Waals surface area contributed by atoms with Gasteiger partial charge in [0.25, 0.3) is 10.0 Å². The highest BCUT2D eigenvalue weighted by molar-refractivity contribution is 7.92. The highest BCUT2D eigenvalue weighted by atomic mass is 35.5. The molecule has 0 aliphatic heterocycles. The van der Waals surface area contributed by atoms with Gasteiger partial charge in [0.15, 0.2) is 0 Å². The predicted octanol–water partition coefficient (Wildman–Crippen LogP) is 7.66. The third-order valence-corrected chi connectivity index (χ3v) is 9.97. The molecule has 0 aliphatic rings. The van der Waals surface area contributed by atoms with Gasteiger partial charge in [-0.3, -0.25) is 13.9 Å². The average Bonchev–Trinajstić information content (AvgIpc) is 3.00. The Morgan fingerprint density at radius 3 is 2.02 bits per heavy atom. The Kier molecular flexibility index (Phi) is 11.8. The van der Waals surface area contributed by atoms with E-state index >= 15 is 0 Å². The number of rotatable bonds is 12. The summed E-state index contributed by atoms with van der Waals surface area (Å²) in [5.41, 5.74) is 1.45. The van der Waals surface area contributed by atoms with Gasteiger partial charge in [-0.15, -0.1) is 0 Å². The molecule has 45 heavy (non-hydrogen) atoms.